The van der Waals surface area contributed by atoms with Gasteiger partial charge in [-0.25, -0.2) is 4.98 Å². The van der Waals surface area contributed by atoms with Crippen LogP contribution in [0.4, 0.5) is 0 Å². The van der Waals surface area contributed by atoms with E-state index in [2.05, 4.69) is 15.3 Å². The number of nitrogens with one attached hydrogen (secondary N) is 2. The van der Waals surface area contributed by atoms with Crippen molar-refractivity contribution in [2.75, 3.05) is 6.54 Å². The molecule has 0 saturated carbocycles. The van der Waals surface area contributed by atoms with Crippen molar-refractivity contribution in [3.8, 4) is 0 Å². The Kier molecular flexibility index (Phi) is 5.02. The van der Waals surface area contributed by atoms with Crippen LogP contribution in [0, 0.1) is 5.41 Å². The predicted molar refractivity (Wildman–Crippen MR) is 63.5 cm³/mol. The number of carbonyl (C=O) groups excluding carboxylic acids is 1. The van der Waals surface area contributed by atoms with Crippen molar-refractivity contribution >= 4 is 11.7 Å². The Bertz CT molecular complexity index is 380. The van der Waals surface area contributed by atoms with Gasteiger partial charge in [0, 0.05) is 18.9 Å². The molecule has 7 nitrogen and oxygen atoms in total. The molecule has 0 spiro atoms. The van der Waals surface area contributed by atoms with Gasteiger partial charge < -0.3 is 16.8 Å². The standard InChI is InChI=1S/C10H16N6O/c11-7(2-1-3-16-10(12)13)9(17)8-6-14-4-5-15-8/h4-7H,1-3,11H2,(H4,12,13,16)/t7-/m0/s1. The number of aromatic nitrogens is 2. The van der Waals surface area contributed by atoms with Crippen molar-refractivity contribution in [1.29, 1.82) is 5.41 Å². The molecule has 0 radical (unpaired) electrons. The monoisotopic (exact) mass is 236 g/mol. The highest BCUT2D eigenvalue weighted by Gasteiger charge is 2.16. The van der Waals surface area contributed by atoms with Gasteiger partial charge in [-0.15, -0.1) is 0 Å². The van der Waals surface area contributed by atoms with Gasteiger partial charge >= 0.3 is 0 Å². The lowest BCUT2D eigenvalue weighted by molar-refractivity contribution is 0.0951. The molecular formula is C10H16N6O. The maximum absolute atomic E-state index is 11.8. The van der Waals surface area contributed by atoms with E-state index in [1.54, 1.807) is 0 Å². The van der Waals surface area contributed by atoms with Gasteiger partial charge in [-0.3, -0.25) is 15.2 Å². The minimum absolute atomic E-state index is 0.0844. The van der Waals surface area contributed by atoms with Crippen molar-refractivity contribution in [3.05, 3.63) is 24.3 Å². The second-order valence-corrected chi connectivity index (χ2v) is 3.54. The topological polar surface area (TPSA) is 131 Å². The molecule has 1 aromatic heterocycles. The molecule has 0 aliphatic heterocycles. The lowest BCUT2D eigenvalue weighted by atomic mass is 10.1. The van der Waals surface area contributed by atoms with Crippen LogP contribution in [0.15, 0.2) is 18.6 Å². The number of nitrogens with zero attached hydrogens (tertiary/aromatic N) is 2. The number of hydrogen-bond donors (Lipinski definition) is 4. The Morgan fingerprint density at radius 1 is 1.53 bits per heavy atom. The summed E-state index contributed by atoms with van der Waals surface area (Å²) in [6.07, 6.45) is 5.52. The molecule has 1 aromatic rings. The van der Waals surface area contributed by atoms with Crippen LogP contribution in [0.2, 0.25) is 0 Å². The number of carbonyl (C=O) groups is 1. The van der Waals surface area contributed by atoms with Gasteiger partial charge in [0.1, 0.15) is 5.69 Å². The van der Waals surface area contributed by atoms with E-state index in [4.69, 9.17) is 16.9 Å². The molecule has 0 fully saturated rings. The number of nitrogens with two attached hydrogens (primary N) is 2. The summed E-state index contributed by atoms with van der Waals surface area (Å²) in [6, 6.07) is -0.597. The molecule has 0 aromatic carbocycles. The Labute approximate surface area is 99.1 Å². The van der Waals surface area contributed by atoms with E-state index in [-0.39, 0.29) is 17.4 Å². The largest absolute Gasteiger partial charge is 0.370 e. The molecule has 1 rings (SSSR count). The second-order valence-electron chi connectivity index (χ2n) is 3.54. The number of Topliss-reactive ketones (excluding diaryl/α,β-unsaturated/α-hetero) is 1. The van der Waals surface area contributed by atoms with Crippen molar-refractivity contribution < 1.29 is 4.79 Å². The van der Waals surface area contributed by atoms with Gasteiger partial charge in [-0.05, 0) is 12.8 Å². The van der Waals surface area contributed by atoms with Crippen molar-refractivity contribution in [2.45, 2.75) is 18.9 Å². The average Bonchev–Trinajstić information content (AvgIpc) is 2.34. The normalized spacial score (nSPS) is 11.8. The molecule has 0 bridgehead atoms. The zero-order chi connectivity index (χ0) is 12.7. The van der Waals surface area contributed by atoms with Crippen LogP contribution in [0.3, 0.4) is 0 Å². The van der Waals surface area contributed by atoms with Crippen LogP contribution in [-0.2, 0) is 0 Å². The van der Waals surface area contributed by atoms with Crippen LogP contribution in [0.5, 0.6) is 0 Å². The Balaban J connectivity index is 2.35. The smallest absolute Gasteiger partial charge is 0.199 e. The second kappa shape index (κ2) is 6.54. The molecular weight excluding hydrogens is 220 g/mol. The van der Waals surface area contributed by atoms with Crippen molar-refractivity contribution in [1.82, 2.24) is 15.3 Å². The van der Waals surface area contributed by atoms with Crippen LogP contribution < -0.4 is 16.8 Å². The fourth-order valence-electron chi connectivity index (χ4n) is 1.29. The zero-order valence-corrected chi connectivity index (χ0v) is 9.39. The molecule has 6 N–H and O–H groups in total. The van der Waals surface area contributed by atoms with E-state index in [1.807, 2.05) is 0 Å². The summed E-state index contributed by atoms with van der Waals surface area (Å²) < 4.78 is 0. The van der Waals surface area contributed by atoms with Crippen LogP contribution in [0.25, 0.3) is 0 Å². The minimum Gasteiger partial charge on any atom is -0.370 e. The molecule has 92 valence electrons. The molecule has 1 heterocycles. The van der Waals surface area contributed by atoms with Gasteiger partial charge in [0.25, 0.3) is 0 Å². The maximum atomic E-state index is 11.8. The molecule has 0 amide bonds. The highest BCUT2D eigenvalue weighted by molar-refractivity contribution is 5.97. The van der Waals surface area contributed by atoms with E-state index < -0.39 is 6.04 Å². The third-order valence-electron chi connectivity index (χ3n) is 2.16. The van der Waals surface area contributed by atoms with Crippen molar-refractivity contribution in [2.24, 2.45) is 11.5 Å². The van der Waals surface area contributed by atoms with E-state index in [0.29, 0.717) is 19.4 Å². The summed E-state index contributed by atoms with van der Waals surface area (Å²) in [5, 5.41) is 9.60. The Hall–Kier alpha value is -2.02. The highest BCUT2D eigenvalue weighted by atomic mass is 16.1. The SMILES string of the molecule is N=C(N)NCCC[C@H](N)C(=O)c1cnccn1. The summed E-state index contributed by atoms with van der Waals surface area (Å²) in [6.45, 7) is 0.525. The Morgan fingerprint density at radius 2 is 2.29 bits per heavy atom. The van der Waals surface area contributed by atoms with Gasteiger partial charge in [-0.1, -0.05) is 0 Å². The summed E-state index contributed by atoms with van der Waals surface area (Å²) in [5.41, 5.74) is 11.1. The van der Waals surface area contributed by atoms with E-state index in [0.717, 1.165) is 0 Å². The third-order valence-corrected chi connectivity index (χ3v) is 2.16. The molecule has 0 aliphatic rings. The zero-order valence-electron chi connectivity index (χ0n) is 9.39. The first-order valence-electron chi connectivity index (χ1n) is 5.25. The lowest BCUT2D eigenvalue weighted by Crippen LogP contribution is -2.34. The van der Waals surface area contributed by atoms with Crippen LogP contribution >= 0.6 is 0 Å². The number of ketones is 1. The first kappa shape index (κ1) is 13.0. The quantitative estimate of drug-likeness (QED) is 0.222. The molecule has 0 aliphatic carbocycles. The molecule has 1 atom stereocenters. The van der Waals surface area contributed by atoms with Gasteiger partial charge in [0.15, 0.2) is 11.7 Å². The summed E-state index contributed by atoms with van der Waals surface area (Å²) in [7, 11) is 0. The first-order chi connectivity index (χ1) is 8.11. The molecule has 7 heteroatoms. The third kappa shape index (κ3) is 4.56. The predicted octanol–water partition coefficient (Wildman–Crippen LogP) is -0.750. The van der Waals surface area contributed by atoms with E-state index >= 15 is 0 Å². The van der Waals surface area contributed by atoms with Gasteiger partial charge in [0.05, 0.1) is 12.2 Å². The molecule has 0 unspecified atom stereocenters. The van der Waals surface area contributed by atoms with Crippen LogP contribution in [0.1, 0.15) is 23.3 Å². The molecule has 0 saturated heterocycles. The number of rotatable bonds is 6. The van der Waals surface area contributed by atoms with E-state index in [9.17, 15) is 4.79 Å². The highest BCUT2D eigenvalue weighted by Crippen LogP contribution is 2.01. The maximum Gasteiger partial charge on any atom is 0.199 e. The summed E-state index contributed by atoms with van der Waals surface area (Å²) in [5.74, 6) is -0.306. The van der Waals surface area contributed by atoms with E-state index in [1.165, 1.54) is 18.6 Å². The minimum atomic E-state index is -0.597. The first-order valence-corrected chi connectivity index (χ1v) is 5.25. The van der Waals surface area contributed by atoms with Gasteiger partial charge in [0.2, 0.25) is 0 Å². The lowest BCUT2D eigenvalue weighted by Gasteiger charge is -2.09. The number of guanidine groups is 1. The summed E-state index contributed by atoms with van der Waals surface area (Å²) in [4.78, 5) is 19.5. The molecule has 17 heavy (non-hydrogen) atoms. The Morgan fingerprint density at radius 3 is 2.88 bits per heavy atom. The van der Waals surface area contributed by atoms with Gasteiger partial charge in [-0.2, -0.15) is 0 Å². The van der Waals surface area contributed by atoms with Crippen LogP contribution in [-0.4, -0.2) is 34.3 Å². The average molecular weight is 236 g/mol. The fraction of sp³-hybridized carbons (Fsp3) is 0.400. The number of hydrogen-bond acceptors (Lipinski definition) is 5. The fourth-order valence-corrected chi connectivity index (χ4v) is 1.29. The summed E-state index contributed by atoms with van der Waals surface area (Å²) >= 11 is 0. The van der Waals surface area contributed by atoms with Crippen molar-refractivity contribution in [3.63, 3.8) is 0 Å².